The van der Waals surface area contributed by atoms with Gasteiger partial charge in [-0.3, -0.25) is 4.98 Å². The van der Waals surface area contributed by atoms with Crippen LogP contribution in [0.5, 0.6) is 0 Å². The van der Waals surface area contributed by atoms with Crippen LogP contribution in [-0.4, -0.2) is 33.4 Å². The molecule has 0 aliphatic rings. The third kappa shape index (κ3) is 4.93. The molecule has 164 valence electrons. The topological polar surface area (TPSA) is 81.3 Å². The predicted octanol–water partition coefficient (Wildman–Crippen LogP) is 5.23. The molecule has 1 unspecified atom stereocenters. The summed E-state index contributed by atoms with van der Waals surface area (Å²) in [4.78, 5) is 9.03. The van der Waals surface area contributed by atoms with Crippen LogP contribution in [0.1, 0.15) is 30.2 Å². The van der Waals surface area contributed by atoms with Crippen LogP contribution in [0.25, 0.3) is 34.0 Å². The average Bonchev–Trinajstić information content (AvgIpc) is 3.29. The number of aliphatic hydroxyl groups is 1. The van der Waals surface area contributed by atoms with Crippen LogP contribution in [0.4, 0.5) is 0 Å². The van der Waals surface area contributed by atoms with Crippen LogP contribution in [0.15, 0.2) is 65.3 Å². The number of aryl methyl sites for hydroxylation is 2. The van der Waals surface area contributed by atoms with Gasteiger partial charge >= 0.3 is 0 Å². The fourth-order valence-electron chi connectivity index (χ4n) is 3.66. The summed E-state index contributed by atoms with van der Waals surface area (Å²) in [5.74, 6) is 0.942. The Labute approximate surface area is 187 Å². The minimum Gasteiger partial charge on any atom is -0.393 e. The molecule has 6 heteroatoms. The molecule has 0 saturated carbocycles. The number of benzene rings is 2. The molecule has 4 aromatic rings. The summed E-state index contributed by atoms with van der Waals surface area (Å²) in [6, 6.07) is 18.3. The maximum Gasteiger partial charge on any atom is 0.258 e. The minimum atomic E-state index is -0.337. The highest BCUT2D eigenvalue weighted by Gasteiger charge is 2.15. The van der Waals surface area contributed by atoms with Gasteiger partial charge < -0.3 is 14.4 Å². The summed E-state index contributed by atoms with van der Waals surface area (Å²) >= 11 is 0. The summed E-state index contributed by atoms with van der Waals surface area (Å²) in [7, 11) is 1.69. The molecule has 2 aromatic heterocycles. The fraction of sp³-hybridized carbons (Fsp3) is 0.269. The lowest BCUT2D eigenvalue weighted by atomic mass is 9.94. The standard InChI is InChI=1S/C26H27N3O3/c1-17-6-4-5-7-23(17)24-13-10-19(14-21(24)16-31-3)26-28-25(29-32-26)20-9-12-22(27-15-20)11-8-18(2)30/h4-7,9-10,12-15,18,30H,8,11,16H2,1-3H3. The molecule has 1 N–H and O–H groups in total. The normalized spacial score (nSPS) is 12.1. The van der Waals surface area contributed by atoms with E-state index in [1.54, 1.807) is 20.2 Å². The van der Waals surface area contributed by atoms with Crippen molar-refractivity contribution in [1.29, 1.82) is 0 Å². The van der Waals surface area contributed by atoms with E-state index in [1.165, 1.54) is 11.1 Å². The molecule has 32 heavy (non-hydrogen) atoms. The molecule has 2 aromatic carbocycles. The van der Waals surface area contributed by atoms with Crippen LogP contribution in [0.2, 0.25) is 0 Å². The Balaban J connectivity index is 1.60. The molecule has 0 bridgehead atoms. The van der Waals surface area contributed by atoms with Gasteiger partial charge in [-0.25, -0.2) is 0 Å². The lowest BCUT2D eigenvalue weighted by Gasteiger charge is -2.12. The Morgan fingerprint density at radius 2 is 1.84 bits per heavy atom. The quantitative estimate of drug-likeness (QED) is 0.413. The second-order valence-corrected chi connectivity index (χ2v) is 7.97. The fourth-order valence-corrected chi connectivity index (χ4v) is 3.66. The molecule has 0 aliphatic carbocycles. The van der Waals surface area contributed by atoms with Gasteiger partial charge in [0, 0.05) is 30.1 Å². The van der Waals surface area contributed by atoms with Gasteiger partial charge in [0.2, 0.25) is 5.82 Å². The van der Waals surface area contributed by atoms with Crippen molar-refractivity contribution in [3.63, 3.8) is 0 Å². The second-order valence-electron chi connectivity index (χ2n) is 7.97. The summed E-state index contributed by atoms with van der Waals surface area (Å²) in [5, 5.41) is 13.6. The molecular weight excluding hydrogens is 402 g/mol. The van der Waals surface area contributed by atoms with Gasteiger partial charge in [0.05, 0.1) is 12.7 Å². The predicted molar refractivity (Wildman–Crippen MR) is 124 cm³/mol. The highest BCUT2D eigenvalue weighted by molar-refractivity contribution is 5.74. The summed E-state index contributed by atoms with van der Waals surface area (Å²) in [5.41, 5.74) is 7.13. The Morgan fingerprint density at radius 1 is 1.03 bits per heavy atom. The molecule has 0 spiro atoms. The molecule has 0 fully saturated rings. The Bertz CT molecular complexity index is 1180. The van der Waals surface area contributed by atoms with E-state index in [2.05, 4.69) is 40.2 Å². The van der Waals surface area contributed by atoms with Crippen molar-refractivity contribution in [2.24, 2.45) is 0 Å². The average molecular weight is 430 g/mol. The zero-order chi connectivity index (χ0) is 22.5. The maximum atomic E-state index is 9.44. The summed E-state index contributed by atoms with van der Waals surface area (Å²) in [6.45, 7) is 4.37. The smallest absolute Gasteiger partial charge is 0.258 e. The van der Waals surface area contributed by atoms with E-state index in [9.17, 15) is 5.11 Å². The van der Waals surface area contributed by atoms with Crippen LogP contribution in [-0.2, 0) is 17.8 Å². The molecular formula is C26H27N3O3. The number of methoxy groups -OCH3 is 1. The largest absolute Gasteiger partial charge is 0.393 e. The van der Waals surface area contributed by atoms with Crippen molar-refractivity contribution in [3.05, 3.63) is 77.6 Å². The summed E-state index contributed by atoms with van der Waals surface area (Å²) < 4.78 is 11.0. The number of hydrogen-bond acceptors (Lipinski definition) is 6. The molecule has 2 heterocycles. The lowest BCUT2D eigenvalue weighted by molar-refractivity contribution is 0.184. The van der Waals surface area contributed by atoms with Crippen LogP contribution >= 0.6 is 0 Å². The van der Waals surface area contributed by atoms with Gasteiger partial charge in [-0.15, -0.1) is 0 Å². The number of aromatic nitrogens is 3. The van der Waals surface area contributed by atoms with Crippen molar-refractivity contribution in [1.82, 2.24) is 15.1 Å². The highest BCUT2D eigenvalue weighted by atomic mass is 16.5. The third-order valence-corrected chi connectivity index (χ3v) is 5.41. The van der Waals surface area contributed by atoms with Gasteiger partial charge in [0.1, 0.15) is 0 Å². The summed E-state index contributed by atoms with van der Waals surface area (Å²) in [6.07, 6.45) is 2.81. The van der Waals surface area contributed by atoms with Crippen molar-refractivity contribution >= 4 is 0 Å². The Morgan fingerprint density at radius 3 is 2.56 bits per heavy atom. The number of rotatable bonds is 8. The molecule has 0 amide bonds. The van der Waals surface area contributed by atoms with Gasteiger partial charge in [-0.05, 0) is 73.2 Å². The highest BCUT2D eigenvalue weighted by Crippen LogP contribution is 2.31. The number of hydrogen-bond donors (Lipinski definition) is 1. The minimum absolute atomic E-state index is 0.337. The molecule has 4 rings (SSSR count). The molecule has 0 aliphatic heterocycles. The van der Waals surface area contributed by atoms with E-state index >= 15 is 0 Å². The molecule has 0 radical (unpaired) electrons. The first-order chi connectivity index (χ1) is 15.5. The maximum absolute atomic E-state index is 9.44. The zero-order valence-corrected chi connectivity index (χ0v) is 18.6. The third-order valence-electron chi connectivity index (χ3n) is 5.41. The van der Waals surface area contributed by atoms with Crippen molar-refractivity contribution in [2.75, 3.05) is 7.11 Å². The number of ether oxygens (including phenoxy) is 1. The van der Waals surface area contributed by atoms with Crippen molar-refractivity contribution in [3.8, 4) is 34.0 Å². The van der Waals surface area contributed by atoms with E-state index in [0.717, 1.165) is 34.4 Å². The number of nitrogens with zero attached hydrogens (tertiary/aromatic N) is 3. The van der Waals surface area contributed by atoms with E-state index in [1.807, 2.05) is 36.4 Å². The monoisotopic (exact) mass is 429 g/mol. The van der Waals surface area contributed by atoms with Crippen LogP contribution in [0, 0.1) is 6.92 Å². The number of aliphatic hydroxyl groups excluding tert-OH is 1. The molecule has 1 atom stereocenters. The number of pyridine rings is 1. The zero-order valence-electron chi connectivity index (χ0n) is 18.6. The van der Waals surface area contributed by atoms with Crippen LogP contribution in [0.3, 0.4) is 0 Å². The van der Waals surface area contributed by atoms with Crippen molar-refractivity contribution < 1.29 is 14.4 Å². The SMILES string of the molecule is COCc1cc(-c2nc(-c3ccc(CCC(C)O)nc3)no2)ccc1-c1ccccc1C. The Hall–Kier alpha value is -3.35. The van der Waals surface area contributed by atoms with Gasteiger partial charge in [0.15, 0.2) is 0 Å². The second kappa shape index (κ2) is 9.85. The molecule has 6 nitrogen and oxygen atoms in total. The van der Waals surface area contributed by atoms with E-state index in [-0.39, 0.29) is 6.10 Å². The van der Waals surface area contributed by atoms with Crippen molar-refractivity contribution in [2.45, 2.75) is 39.4 Å². The first-order valence-electron chi connectivity index (χ1n) is 10.7. The Kier molecular flexibility index (Phi) is 6.73. The molecule has 0 saturated heterocycles. The first-order valence-corrected chi connectivity index (χ1v) is 10.7. The van der Waals surface area contributed by atoms with Crippen LogP contribution < -0.4 is 0 Å². The van der Waals surface area contributed by atoms with E-state index in [0.29, 0.717) is 24.7 Å². The van der Waals surface area contributed by atoms with E-state index in [4.69, 9.17) is 9.26 Å². The lowest BCUT2D eigenvalue weighted by Crippen LogP contribution is -2.02. The van der Waals surface area contributed by atoms with Gasteiger partial charge in [-0.2, -0.15) is 4.98 Å². The van der Waals surface area contributed by atoms with Gasteiger partial charge in [0.25, 0.3) is 5.89 Å². The van der Waals surface area contributed by atoms with E-state index < -0.39 is 0 Å². The first kappa shape index (κ1) is 21.9. The van der Waals surface area contributed by atoms with Gasteiger partial charge in [-0.1, -0.05) is 35.5 Å².